The van der Waals surface area contributed by atoms with Crippen LogP contribution in [0.25, 0.3) is 82.8 Å². The minimum atomic E-state index is -0.150. The summed E-state index contributed by atoms with van der Waals surface area (Å²) < 4.78 is 9.08. The second-order valence-corrected chi connectivity index (χ2v) is 16.5. The topological polar surface area (TPSA) is 21.3 Å². The highest BCUT2D eigenvalue weighted by atomic mass is 16.3. The van der Waals surface area contributed by atoms with E-state index in [0.717, 1.165) is 66.8 Å². The summed E-state index contributed by atoms with van der Waals surface area (Å²) in [6.07, 6.45) is 0. The summed E-state index contributed by atoms with van der Waals surface area (Å²) in [5, 5.41) is 4.60. The molecule has 0 fully saturated rings. The smallest absolute Gasteiger partial charge is 0.137 e. The molecule has 1 aliphatic carbocycles. The zero-order valence-corrected chi connectivity index (χ0v) is 33.4. The predicted molar refractivity (Wildman–Crippen MR) is 251 cm³/mol. The van der Waals surface area contributed by atoms with E-state index >= 15 is 0 Å². The Morgan fingerprint density at radius 3 is 1.82 bits per heavy atom. The Morgan fingerprint density at radius 1 is 0.417 bits per heavy atom. The van der Waals surface area contributed by atoms with Gasteiger partial charge in [0.1, 0.15) is 11.2 Å². The highest BCUT2D eigenvalue weighted by molar-refractivity contribution is 6.17. The maximum absolute atomic E-state index is 6.59. The molecule has 9 aromatic carbocycles. The lowest BCUT2D eigenvalue weighted by molar-refractivity contribution is 0.660. The van der Waals surface area contributed by atoms with E-state index in [9.17, 15) is 0 Å². The summed E-state index contributed by atoms with van der Waals surface area (Å²) in [6.45, 7) is 4.72. The number of hydrogen-bond acceptors (Lipinski definition) is 2. The number of aromatic nitrogens is 1. The first-order valence-electron chi connectivity index (χ1n) is 20.8. The number of para-hydroxylation sites is 3. The van der Waals surface area contributed by atoms with E-state index in [1.165, 1.54) is 44.2 Å². The Bertz CT molecular complexity index is 3460. The van der Waals surface area contributed by atoms with Crippen LogP contribution >= 0.6 is 0 Å². The molecule has 0 radical (unpaired) electrons. The Balaban J connectivity index is 1.17. The highest BCUT2D eigenvalue weighted by Crippen LogP contribution is 2.52. The number of rotatable bonds is 6. The van der Waals surface area contributed by atoms with E-state index in [4.69, 9.17) is 4.42 Å². The van der Waals surface area contributed by atoms with E-state index in [1.807, 2.05) is 0 Å². The predicted octanol–water partition coefficient (Wildman–Crippen LogP) is 15.8. The average molecular weight is 769 g/mol. The molecular formula is C57H40N2O. The van der Waals surface area contributed by atoms with Crippen LogP contribution in [0, 0.1) is 0 Å². The largest absolute Gasteiger partial charge is 0.456 e. The number of benzene rings is 9. The summed E-state index contributed by atoms with van der Waals surface area (Å²) in [5.74, 6) is 0. The summed E-state index contributed by atoms with van der Waals surface area (Å²) in [6, 6.07) is 74.9. The van der Waals surface area contributed by atoms with Crippen LogP contribution in [0.4, 0.5) is 17.1 Å². The van der Waals surface area contributed by atoms with E-state index < -0.39 is 0 Å². The maximum atomic E-state index is 6.59. The third kappa shape index (κ3) is 5.09. The summed E-state index contributed by atoms with van der Waals surface area (Å²) >= 11 is 0. The van der Waals surface area contributed by atoms with Gasteiger partial charge >= 0.3 is 0 Å². The van der Waals surface area contributed by atoms with Crippen molar-refractivity contribution in [3.05, 3.63) is 217 Å². The molecule has 3 nitrogen and oxygen atoms in total. The van der Waals surface area contributed by atoms with Crippen molar-refractivity contribution in [2.75, 3.05) is 4.90 Å². The van der Waals surface area contributed by atoms with Gasteiger partial charge in [-0.3, -0.25) is 0 Å². The van der Waals surface area contributed by atoms with Crippen LogP contribution in [0.1, 0.15) is 25.0 Å². The van der Waals surface area contributed by atoms with Crippen molar-refractivity contribution in [3.8, 4) is 39.1 Å². The van der Waals surface area contributed by atoms with Crippen LogP contribution in [-0.2, 0) is 5.41 Å². The first-order chi connectivity index (χ1) is 29.5. The second kappa shape index (κ2) is 13.2. The van der Waals surface area contributed by atoms with Crippen LogP contribution in [0.2, 0.25) is 0 Å². The molecule has 1 aliphatic rings. The van der Waals surface area contributed by atoms with Crippen molar-refractivity contribution in [1.82, 2.24) is 4.57 Å². The van der Waals surface area contributed by atoms with Gasteiger partial charge in [0.05, 0.1) is 27.8 Å². The maximum Gasteiger partial charge on any atom is 0.137 e. The Labute approximate surface area is 349 Å². The fourth-order valence-corrected chi connectivity index (χ4v) is 10.0. The molecule has 3 heteroatoms. The van der Waals surface area contributed by atoms with Gasteiger partial charge in [-0.05, 0) is 88.0 Å². The number of anilines is 3. The Morgan fingerprint density at radius 2 is 1.00 bits per heavy atom. The SMILES string of the molecule is CC1(C)c2ccccc2-c2ccc(N(c3ccc4c5ccccc5n(-c5c(-c6ccccc6)ccc6oc7ccccc7c56)c4c3)c3ccccc3-c3ccccc3)cc21. The molecule has 0 N–H and O–H groups in total. The van der Waals surface area contributed by atoms with Gasteiger partial charge in [0.25, 0.3) is 0 Å². The van der Waals surface area contributed by atoms with Gasteiger partial charge < -0.3 is 13.9 Å². The van der Waals surface area contributed by atoms with E-state index in [2.05, 4.69) is 230 Å². The monoisotopic (exact) mass is 768 g/mol. The summed E-state index contributed by atoms with van der Waals surface area (Å²) in [5.41, 5.74) is 18.3. The Kier molecular flexibility index (Phi) is 7.58. The number of fused-ring (bicyclic) bond motifs is 9. The minimum absolute atomic E-state index is 0.150. The van der Waals surface area contributed by atoms with Crippen LogP contribution in [0.5, 0.6) is 0 Å². The van der Waals surface area contributed by atoms with Crippen molar-refractivity contribution in [2.24, 2.45) is 0 Å². The average Bonchev–Trinajstić information content (AvgIpc) is 3.92. The fourth-order valence-electron chi connectivity index (χ4n) is 10.0. The molecule has 0 aliphatic heterocycles. The fraction of sp³-hybridized carbons (Fsp3) is 0.0526. The molecule has 2 aromatic heterocycles. The second-order valence-electron chi connectivity index (χ2n) is 16.5. The standard InChI is InChI=1S/C57H40N2O/c1-57(2)48-25-13-9-22-43(48)44-31-29-39(35-49(44)57)58(50-26-14-10-21-41(50)37-17-5-3-6-18-37)40-30-32-46-45-23-11-15-27-51(45)59(52(46)36-40)56-42(38-19-7-4-8-20-38)33-34-54-55(56)47-24-12-16-28-53(47)60-54/h3-36H,1-2H3. The Hall–Kier alpha value is -7.62. The van der Waals surface area contributed by atoms with Crippen molar-refractivity contribution < 1.29 is 4.42 Å². The lowest BCUT2D eigenvalue weighted by atomic mass is 9.82. The van der Waals surface area contributed by atoms with Gasteiger partial charge in [0.15, 0.2) is 0 Å². The van der Waals surface area contributed by atoms with Crippen molar-refractivity contribution in [3.63, 3.8) is 0 Å². The lowest BCUT2D eigenvalue weighted by Crippen LogP contribution is -2.17. The quantitative estimate of drug-likeness (QED) is 0.168. The molecule has 0 atom stereocenters. The number of furan rings is 1. The molecule has 60 heavy (non-hydrogen) atoms. The van der Waals surface area contributed by atoms with Gasteiger partial charge in [-0.2, -0.15) is 0 Å². The molecule has 0 amide bonds. The molecule has 0 saturated carbocycles. The zero-order valence-electron chi connectivity index (χ0n) is 33.4. The zero-order chi connectivity index (χ0) is 40.0. The van der Waals surface area contributed by atoms with Crippen molar-refractivity contribution in [1.29, 1.82) is 0 Å². The van der Waals surface area contributed by atoms with E-state index in [1.54, 1.807) is 0 Å². The molecule has 0 unspecified atom stereocenters. The molecule has 11 aromatic rings. The molecule has 0 spiro atoms. The summed E-state index contributed by atoms with van der Waals surface area (Å²) in [4.78, 5) is 2.47. The van der Waals surface area contributed by atoms with Crippen molar-refractivity contribution in [2.45, 2.75) is 19.3 Å². The van der Waals surface area contributed by atoms with Crippen molar-refractivity contribution >= 4 is 60.8 Å². The van der Waals surface area contributed by atoms with Gasteiger partial charge in [-0.25, -0.2) is 0 Å². The third-order valence-corrected chi connectivity index (χ3v) is 12.8. The first-order valence-corrected chi connectivity index (χ1v) is 20.8. The third-order valence-electron chi connectivity index (χ3n) is 12.8. The number of nitrogens with zero attached hydrogens (tertiary/aromatic N) is 2. The molecule has 0 saturated heterocycles. The van der Waals surface area contributed by atoms with E-state index in [-0.39, 0.29) is 5.41 Å². The van der Waals surface area contributed by atoms with Crippen LogP contribution in [0.15, 0.2) is 211 Å². The number of hydrogen-bond donors (Lipinski definition) is 0. The normalized spacial score (nSPS) is 13.0. The minimum Gasteiger partial charge on any atom is -0.456 e. The van der Waals surface area contributed by atoms with Gasteiger partial charge in [-0.1, -0.05) is 166 Å². The molecule has 12 rings (SSSR count). The van der Waals surface area contributed by atoms with Gasteiger partial charge in [0, 0.05) is 44.1 Å². The van der Waals surface area contributed by atoms with E-state index in [0.29, 0.717) is 0 Å². The van der Waals surface area contributed by atoms with Crippen LogP contribution in [0.3, 0.4) is 0 Å². The van der Waals surface area contributed by atoms with Crippen LogP contribution in [-0.4, -0.2) is 4.57 Å². The summed E-state index contributed by atoms with van der Waals surface area (Å²) in [7, 11) is 0. The molecule has 0 bridgehead atoms. The van der Waals surface area contributed by atoms with Gasteiger partial charge in [-0.15, -0.1) is 0 Å². The molecule has 284 valence electrons. The van der Waals surface area contributed by atoms with Crippen LogP contribution < -0.4 is 4.90 Å². The first kappa shape index (κ1) is 34.4. The van der Waals surface area contributed by atoms with Gasteiger partial charge in [0.2, 0.25) is 0 Å². The lowest BCUT2D eigenvalue weighted by Gasteiger charge is -2.30. The molecular weight excluding hydrogens is 729 g/mol. The highest BCUT2D eigenvalue weighted by Gasteiger charge is 2.36. The molecule has 2 heterocycles.